The lowest BCUT2D eigenvalue weighted by molar-refractivity contribution is -0.153. The van der Waals surface area contributed by atoms with Gasteiger partial charge in [-0.1, -0.05) is 11.7 Å². The van der Waals surface area contributed by atoms with Crippen LogP contribution in [0.15, 0.2) is 24.3 Å². The highest BCUT2D eigenvalue weighted by Crippen LogP contribution is 2.49. The first kappa shape index (κ1) is 15.9. The molecule has 8 heteroatoms. The van der Waals surface area contributed by atoms with Gasteiger partial charge in [0.05, 0.1) is 5.69 Å². The van der Waals surface area contributed by atoms with Crippen LogP contribution in [0.1, 0.15) is 37.0 Å². The Morgan fingerprint density at radius 1 is 1.16 bits per heavy atom. The molecule has 25 heavy (non-hydrogen) atoms. The van der Waals surface area contributed by atoms with Crippen LogP contribution in [0.2, 0.25) is 0 Å². The van der Waals surface area contributed by atoms with E-state index in [0.29, 0.717) is 21.9 Å². The standard InChI is InChI=1S/C17H18F3N3OS/c18-17(19,20)15-7-11-3-6-13(8-14(11)25-15)23-21-16(24-22-23)9-10-1-4-12(16)5-2-10/h3,6-8,10,12,21-22H,1-2,4-5,9H2/t10?,12?,16-/m0/s1. The Kier molecular flexibility index (Phi) is 3.38. The van der Waals surface area contributed by atoms with Crippen LogP contribution in [-0.4, -0.2) is 5.72 Å². The van der Waals surface area contributed by atoms with Gasteiger partial charge in [0.25, 0.3) is 0 Å². The number of hydrogen-bond donors (Lipinski definition) is 2. The Morgan fingerprint density at radius 3 is 2.64 bits per heavy atom. The van der Waals surface area contributed by atoms with Crippen LogP contribution < -0.4 is 16.1 Å². The molecule has 1 saturated heterocycles. The van der Waals surface area contributed by atoms with Crippen molar-refractivity contribution in [1.82, 2.24) is 11.0 Å². The SMILES string of the molecule is FC(F)(F)c1cc2ccc(N3NO[C@]4(CC5CCC4CC5)N3)cc2s1. The van der Waals surface area contributed by atoms with Gasteiger partial charge in [0.2, 0.25) is 0 Å². The molecule has 1 aliphatic heterocycles. The highest BCUT2D eigenvalue weighted by Gasteiger charge is 2.53. The number of thiophene rings is 1. The zero-order valence-electron chi connectivity index (χ0n) is 13.4. The predicted molar refractivity (Wildman–Crippen MR) is 89.5 cm³/mol. The van der Waals surface area contributed by atoms with E-state index >= 15 is 0 Å². The van der Waals surface area contributed by atoms with E-state index in [1.165, 1.54) is 18.9 Å². The van der Waals surface area contributed by atoms with Gasteiger partial charge in [0.15, 0.2) is 5.72 Å². The Balaban J connectivity index is 1.42. The maximum absolute atomic E-state index is 12.9. The lowest BCUT2D eigenvalue weighted by atomic mass is 9.66. The van der Waals surface area contributed by atoms with Crippen molar-refractivity contribution in [2.24, 2.45) is 11.8 Å². The van der Waals surface area contributed by atoms with Crippen LogP contribution in [0, 0.1) is 11.8 Å². The first-order valence-corrected chi connectivity index (χ1v) is 9.37. The van der Waals surface area contributed by atoms with Gasteiger partial charge in [-0.25, -0.2) is 5.12 Å². The quantitative estimate of drug-likeness (QED) is 0.771. The summed E-state index contributed by atoms with van der Waals surface area (Å²) in [7, 11) is 0. The van der Waals surface area contributed by atoms with Crippen molar-refractivity contribution >= 4 is 27.1 Å². The highest BCUT2D eigenvalue weighted by molar-refractivity contribution is 7.19. The number of anilines is 1. The molecule has 3 aliphatic carbocycles. The number of nitrogens with zero attached hydrogens (tertiary/aromatic N) is 1. The second-order valence-electron chi connectivity index (χ2n) is 7.28. The minimum Gasteiger partial charge on any atom is -0.257 e. The van der Waals surface area contributed by atoms with Gasteiger partial charge in [-0.3, -0.25) is 4.84 Å². The van der Waals surface area contributed by atoms with Crippen LogP contribution in [-0.2, 0) is 11.0 Å². The smallest absolute Gasteiger partial charge is 0.257 e. The summed E-state index contributed by atoms with van der Waals surface area (Å²) in [4.78, 5) is 5.37. The minimum atomic E-state index is -4.30. The Morgan fingerprint density at radius 2 is 1.96 bits per heavy atom. The molecular weight excluding hydrogens is 351 g/mol. The molecule has 0 radical (unpaired) electrons. The van der Waals surface area contributed by atoms with Gasteiger partial charge in [-0.15, -0.1) is 11.3 Å². The average molecular weight is 369 g/mol. The van der Waals surface area contributed by atoms with Crippen molar-refractivity contribution in [3.05, 3.63) is 29.1 Å². The van der Waals surface area contributed by atoms with Gasteiger partial charge in [-0.2, -0.15) is 18.6 Å². The third kappa shape index (κ3) is 2.54. The summed E-state index contributed by atoms with van der Waals surface area (Å²) >= 11 is 0.768. The summed E-state index contributed by atoms with van der Waals surface area (Å²) in [5.74, 6) is 1.16. The molecule has 1 aromatic heterocycles. The number of alkyl halides is 3. The fourth-order valence-corrected chi connectivity index (χ4v) is 5.43. The normalized spacial score (nSPS) is 32.2. The molecule has 0 unspecified atom stereocenters. The van der Waals surface area contributed by atoms with E-state index < -0.39 is 11.1 Å². The second-order valence-corrected chi connectivity index (χ2v) is 8.37. The van der Waals surface area contributed by atoms with E-state index in [4.69, 9.17) is 4.84 Å². The Bertz CT molecular complexity index is 815. The number of benzene rings is 1. The van der Waals surface area contributed by atoms with Crippen LogP contribution in [0.5, 0.6) is 0 Å². The van der Waals surface area contributed by atoms with Crippen LogP contribution >= 0.6 is 11.3 Å². The molecule has 6 rings (SSSR count). The monoisotopic (exact) mass is 369 g/mol. The van der Waals surface area contributed by atoms with Gasteiger partial charge >= 0.3 is 6.18 Å². The molecule has 4 aliphatic rings. The van der Waals surface area contributed by atoms with Crippen molar-refractivity contribution in [1.29, 1.82) is 0 Å². The van der Waals surface area contributed by atoms with E-state index in [-0.39, 0.29) is 5.72 Å². The minimum absolute atomic E-state index is 0.386. The molecule has 0 amide bonds. The number of halogens is 3. The first-order chi connectivity index (χ1) is 11.9. The molecule has 2 bridgehead atoms. The largest absolute Gasteiger partial charge is 0.425 e. The number of hydrogen-bond acceptors (Lipinski definition) is 5. The predicted octanol–water partition coefficient (Wildman–Crippen LogP) is 4.59. The molecule has 4 nitrogen and oxygen atoms in total. The van der Waals surface area contributed by atoms with Gasteiger partial charge < -0.3 is 0 Å². The summed E-state index contributed by atoms with van der Waals surface area (Å²) in [5.41, 5.74) is 6.73. The number of fused-ring (bicyclic) bond motifs is 3. The molecule has 2 aromatic rings. The van der Waals surface area contributed by atoms with E-state index in [2.05, 4.69) is 11.0 Å². The van der Waals surface area contributed by atoms with Crippen LogP contribution in [0.4, 0.5) is 18.9 Å². The summed E-state index contributed by atoms with van der Waals surface area (Å²) in [6, 6.07) is 6.49. The van der Waals surface area contributed by atoms with Gasteiger partial charge in [-0.05, 0) is 61.6 Å². The van der Waals surface area contributed by atoms with E-state index in [0.717, 1.165) is 36.3 Å². The summed E-state index contributed by atoms with van der Waals surface area (Å²) in [6.07, 6.45) is 1.51. The third-order valence-corrected chi connectivity index (χ3v) is 6.90. The van der Waals surface area contributed by atoms with Crippen molar-refractivity contribution in [3.8, 4) is 0 Å². The Labute approximate surface area is 146 Å². The van der Waals surface area contributed by atoms with Crippen molar-refractivity contribution in [2.45, 2.75) is 44.0 Å². The van der Waals surface area contributed by atoms with E-state index in [1.54, 1.807) is 23.3 Å². The number of nitrogens with one attached hydrogen (secondary N) is 2. The molecule has 1 spiro atoms. The summed E-state index contributed by atoms with van der Waals surface area (Å²) in [6.45, 7) is 0. The molecule has 4 fully saturated rings. The first-order valence-electron chi connectivity index (χ1n) is 8.55. The highest BCUT2D eigenvalue weighted by atomic mass is 32.1. The van der Waals surface area contributed by atoms with E-state index in [1.807, 2.05) is 0 Å². The van der Waals surface area contributed by atoms with Gasteiger partial charge in [0, 0.05) is 10.6 Å². The average Bonchev–Trinajstić information content (AvgIpc) is 3.19. The van der Waals surface area contributed by atoms with E-state index in [9.17, 15) is 13.2 Å². The van der Waals surface area contributed by atoms with Crippen molar-refractivity contribution in [2.75, 3.05) is 5.12 Å². The number of rotatable bonds is 1. The van der Waals surface area contributed by atoms with Crippen LogP contribution in [0.3, 0.4) is 0 Å². The van der Waals surface area contributed by atoms with Crippen molar-refractivity contribution in [3.63, 3.8) is 0 Å². The van der Waals surface area contributed by atoms with Crippen LogP contribution in [0.25, 0.3) is 10.1 Å². The fraction of sp³-hybridized carbons (Fsp3) is 0.529. The molecule has 2 N–H and O–H groups in total. The summed E-state index contributed by atoms with van der Waals surface area (Å²) in [5, 5.41) is 2.31. The molecule has 3 saturated carbocycles. The zero-order valence-corrected chi connectivity index (χ0v) is 14.2. The second kappa shape index (κ2) is 5.33. The zero-order chi connectivity index (χ0) is 17.2. The lowest BCUT2D eigenvalue weighted by Gasteiger charge is -2.47. The molecule has 1 aromatic carbocycles. The fourth-order valence-electron chi connectivity index (χ4n) is 4.47. The topological polar surface area (TPSA) is 36.5 Å². The summed E-state index contributed by atoms with van der Waals surface area (Å²) < 4.78 is 39.3. The van der Waals surface area contributed by atoms with Gasteiger partial charge in [0.1, 0.15) is 4.88 Å². The third-order valence-electron chi connectivity index (χ3n) is 5.76. The maximum atomic E-state index is 12.9. The molecule has 1 atom stereocenters. The molecular formula is C17H18F3N3OS. The van der Waals surface area contributed by atoms with Crippen molar-refractivity contribution < 1.29 is 18.0 Å². The lowest BCUT2D eigenvalue weighted by Crippen LogP contribution is -2.57. The molecule has 2 heterocycles. The number of hydrazine groups is 2. The maximum Gasteiger partial charge on any atom is 0.425 e. The Hall–Kier alpha value is -1.35. The molecule has 134 valence electrons.